The van der Waals surface area contributed by atoms with E-state index < -0.39 is 0 Å². The first kappa shape index (κ1) is 13.6. The van der Waals surface area contributed by atoms with Crippen LogP contribution in [0.1, 0.15) is 29.7 Å². The van der Waals surface area contributed by atoms with Crippen molar-refractivity contribution in [2.24, 2.45) is 0 Å². The summed E-state index contributed by atoms with van der Waals surface area (Å²) in [5.74, 6) is 1.94. The summed E-state index contributed by atoms with van der Waals surface area (Å²) in [4.78, 5) is 5.59. The molecular formula is C14H17N3O2S. The van der Waals surface area contributed by atoms with E-state index in [1.165, 1.54) is 10.5 Å². The van der Waals surface area contributed by atoms with Gasteiger partial charge in [0.05, 0.1) is 17.9 Å². The number of aromatic nitrogens is 2. The van der Waals surface area contributed by atoms with Gasteiger partial charge in [-0.1, -0.05) is 22.9 Å². The highest BCUT2D eigenvalue weighted by Gasteiger charge is 2.27. The lowest BCUT2D eigenvalue weighted by Gasteiger charge is -2.01. The Labute approximate surface area is 121 Å². The number of aliphatic hydroxyl groups is 1. The van der Waals surface area contributed by atoms with Gasteiger partial charge in [-0.2, -0.15) is 4.98 Å². The summed E-state index contributed by atoms with van der Waals surface area (Å²) in [5.41, 5.74) is 1.24. The van der Waals surface area contributed by atoms with Gasteiger partial charge in [-0.15, -0.1) is 11.8 Å². The number of rotatable bonds is 4. The van der Waals surface area contributed by atoms with Crippen molar-refractivity contribution < 1.29 is 9.63 Å². The van der Waals surface area contributed by atoms with Crippen molar-refractivity contribution >= 4 is 11.8 Å². The summed E-state index contributed by atoms with van der Waals surface area (Å²) in [6.07, 6.45) is 0.309. The van der Waals surface area contributed by atoms with Crippen molar-refractivity contribution in [2.75, 3.05) is 6.54 Å². The molecule has 20 heavy (non-hydrogen) atoms. The molecule has 2 N–H and O–H groups in total. The molecule has 6 heteroatoms. The van der Waals surface area contributed by atoms with E-state index in [0.717, 1.165) is 0 Å². The molecule has 1 aliphatic heterocycles. The Morgan fingerprint density at radius 1 is 1.50 bits per heavy atom. The normalized spacial score (nSPS) is 22.3. The van der Waals surface area contributed by atoms with Gasteiger partial charge in [0.15, 0.2) is 5.82 Å². The first-order valence-corrected chi connectivity index (χ1v) is 7.62. The Balaban J connectivity index is 1.60. The van der Waals surface area contributed by atoms with Gasteiger partial charge in [-0.3, -0.25) is 0 Å². The molecule has 0 spiro atoms. The van der Waals surface area contributed by atoms with Crippen LogP contribution in [0.15, 0.2) is 33.7 Å². The number of thioether (sulfide) groups is 1. The quantitative estimate of drug-likeness (QED) is 0.840. The maximum Gasteiger partial charge on any atom is 0.243 e. The summed E-state index contributed by atoms with van der Waals surface area (Å²) >= 11 is 1.69. The topological polar surface area (TPSA) is 71.2 Å². The average molecular weight is 291 g/mol. The Kier molecular flexibility index (Phi) is 4.05. The van der Waals surface area contributed by atoms with Crippen LogP contribution in [0.25, 0.3) is 0 Å². The van der Waals surface area contributed by atoms with Crippen molar-refractivity contribution in [3.05, 3.63) is 41.5 Å². The van der Waals surface area contributed by atoms with E-state index in [1.54, 1.807) is 11.8 Å². The molecule has 0 amide bonds. The molecule has 1 fully saturated rings. The molecule has 0 saturated carbocycles. The Bertz CT molecular complexity index is 587. The van der Waals surface area contributed by atoms with Crippen LogP contribution in [-0.2, 0) is 5.75 Å². The molecule has 106 valence electrons. The molecule has 2 heterocycles. The standard InChI is InChI=1S/C14H17N3O2S/c1-9-3-2-4-11(5-9)20-8-13-16-14(19-17-13)12-6-10(18)7-15-12/h2-5,10,12,15,18H,6-8H2,1H3/t10?,12-/m0/s1. The molecule has 0 aliphatic carbocycles. The number of aryl methyl sites for hydroxylation is 1. The minimum absolute atomic E-state index is 0.0183. The van der Waals surface area contributed by atoms with Crippen LogP contribution in [0.5, 0.6) is 0 Å². The first-order chi connectivity index (χ1) is 9.70. The summed E-state index contributed by atoms with van der Waals surface area (Å²) in [5, 5.41) is 16.6. The fraction of sp³-hybridized carbons (Fsp3) is 0.429. The molecular weight excluding hydrogens is 274 g/mol. The lowest BCUT2D eigenvalue weighted by atomic mass is 10.2. The largest absolute Gasteiger partial charge is 0.392 e. The highest BCUT2D eigenvalue weighted by atomic mass is 32.2. The SMILES string of the molecule is Cc1cccc(SCc2noc([C@@H]3CC(O)CN3)n2)c1. The second-order valence-corrected chi connectivity index (χ2v) is 6.05. The fourth-order valence-electron chi connectivity index (χ4n) is 2.23. The summed E-state index contributed by atoms with van der Waals surface area (Å²) in [6, 6.07) is 8.32. The van der Waals surface area contributed by atoms with Gasteiger partial charge in [-0.25, -0.2) is 0 Å². The Morgan fingerprint density at radius 3 is 3.15 bits per heavy atom. The number of aliphatic hydroxyl groups excluding tert-OH is 1. The highest BCUT2D eigenvalue weighted by molar-refractivity contribution is 7.98. The zero-order valence-corrected chi connectivity index (χ0v) is 12.1. The lowest BCUT2D eigenvalue weighted by molar-refractivity contribution is 0.191. The Hall–Kier alpha value is -1.37. The van der Waals surface area contributed by atoms with Crippen LogP contribution in [-0.4, -0.2) is 27.9 Å². The maximum absolute atomic E-state index is 9.49. The summed E-state index contributed by atoms with van der Waals surface area (Å²) < 4.78 is 5.26. The van der Waals surface area contributed by atoms with Crippen LogP contribution in [0, 0.1) is 6.92 Å². The number of nitrogens with zero attached hydrogens (tertiary/aromatic N) is 2. The van der Waals surface area contributed by atoms with E-state index >= 15 is 0 Å². The monoisotopic (exact) mass is 291 g/mol. The predicted molar refractivity (Wildman–Crippen MR) is 76.4 cm³/mol. The third-order valence-corrected chi connectivity index (χ3v) is 4.24. The zero-order valence-electron chi connectivity index (χ0n) is 11.2. The number of hydrogen-bond donors (Lipinski definition) is 2. The minimum Gasteiger partial charge on any atom is -0.392 e. The van der Waals surface area contributed by atoms with Gasteiger partial charge in [0, 0.05) is 11.4 Å². The van der Waals surface area contributed by atoms with Crippen LogP contribution in [0.2, 0.25) is 0 Å². The second kappa shape index (κ2) is 5.95. The Morgan fingerprint density at radius 2 is 2.40 bits per heavy atom. The predicted octanol–water partition coefficient (Wildman–Crippen LogP) is 2.07. The van der Waals surface area contributed by atoms with Crippen LogP contribution in [0.4, 0.5) is 0 Å². The highest BCUT2D eigenvalue weighted by Crippen LogP contribution is 2.25. The molecule has 0 radical (unpaired) electrons. The average Bonchev–Trinajstić information content (AvgIpc) is 3.05. The van der Waals surface area contributed by atoms with Crippen molar-refractivity contribution in [3.63, 3.8) is 0 Å². The molecule has 1 aliphatic rings. The van der Waals surface area contributed by atoms with Crippen LogP contribution >= 0.6 is 11.8 Å². The molecule has 0 bridgehead atoms. The molecule has 5 nitrogen and oxygen atoms in total. The van der Waals surface area contributed by atoms with Crippen LogP contribution in [0.3, 0.4) is 0 Å². The number of β-amino-alcohol motifs (C(OH)–C–C–N with tert-alkyl or cyclic N) is 1. The van der Waals surface area contributed by atoms with Crippen molar-refractivity contribution in [2.45, 2.75) is 36.1 Å². The van der Waals surface area contributed by atoms with Gasteiger partial charge in [0.1, 0.15) is 0 Å². The molecule has 1 unspecified atom stereocenters. The van der Waals surface area contributed by atoms with Gasteiger partial charge in [-0.05, 0) is 25.5 Å². The van der Waals surface area contributed by atoms with Crippen molar-refractivity contribution in [3.8, 4) is 0 Å². The van der Waals surface area contributed by atoms with E-state index in [0.29, 0.717) is 30.4 Å². The summed E-state index contributed by atoms with van der Waals surface area (Å²) in [7, 11) is 0. The minimum atomic E-state index is -0.322. The van der Waals surface area contributed by atoms with E-state index in [9.17, 15) is 5.11 Å². The molecule has 1 aromatic heterocycles. The smallest absolute Gasteiger partial charge is 0.243 e. The maximum atomic E-state index is 9.49. The molecule has 2 atom stereocenters. The van der Waals surface area contributed by atoms with E-state index in [-0.39, 0.29) is 12.1 Å². The van der Waals surface area contributed by atoms with E-state index in [4.69, 9.17) is 4.52 Å². The molecule has 1 saturated heterocycles. The number of benzene rings is 1. The number of nitrogens with one attached hydrogen (secondary N) is 1. The molecule has 1 aromatic carbocycles. The van der Waals surface area contributed by atoms with Crippen LogP contribution < -0.4 is 5.32 Å². The summed E-state index contributed by atoms with van der Waals surface area (Å²) in [6.45, 7) is 2.66. The van der Waals surface area contributed by atoms with E-state index in [1.807, 2.05) is 6.07 Å². The molecule has 2 aromatic rings. The number of hydrogen-bond acceptors (Lipinski definition) is 6. The van der Waals surface area contributed by atoms with E-state index in [2.05, 4.69) is 40.6 Å². The first-order valence-electron chi connectivity index (χ1n) is 6.64. The van der Waals surface area contributed by atoms with Crippen molar-refractivity contribution in [1.82, 2.24) is 15.5 Å². The van der Waals surface area contributed by atoms with Gasteiger partial charge in [0.2, 0.25) is 5.89 Å². The van der Waals surface area contributed by atoms with Crippen molar-refractivity contribution in [1.29, 1.82) is 0 Å². The molecule has 3 rings (SSSR count). The lowest BCUT2D eigenvalue weighted by Crippen LogP contribution is -2.15. The fourth-order valence-corrected chi connectivity index (χ4v) is 3.08. The van der Waals surface area contributed by atoms with Gasteiger partial charge >= 0.3 is 0 Å². The van der Waals surface area contributed by atoms with Gasteiger partial charge in [0.25, 0.3) is 0 Å². The second-order valence-electron chi connectivity index (χ2n) is 5.00. The third kappa shape index (κ3) is 3.20. The zero-order chi connectivity index (χ0) is 13.9. The third-order valence-electron chi connectivity index (χ3n) is 3.25. The van der Waals surface area contributed by atoms with Gasteiger partial charge < -0.3 is 14.9 Å².